The molecule has 0 saturated carbocycles. The van der Waals surface area contributed by atoms with Crippen molar-refractivity contribution in [2.24, 2.45) is 0 Å². The fraction of sp³-hybridized carbons (Fsp3) is 0.316. The number of halogens is 4. The van der Waals surface area contributed by atoms with Crippen molar-refractivity contribution in [1.29, 1.82) is 0 Å². The maximum atomic E-state index is 12.6. The Bertz CT molecular complexity index is 912. The van der Waals surface area contributed by atoms with Crippen molar-refractivity contribution < 1.29 is 17.9 Å². The van der Waals surface area contributed by atoms with E-state index in [-0.39, 0.29) is 6.54 Å². The minimum absolute atomic E-state index is 0.0933. The summed E-state index contributed by atoms with van der Waals surface area (Å²) < 4.78 is 44.5. The Morgan fingerprint density at radius 1 is 1.14 bits per heavy atom. The molecule has 0 radical (unpaired) electrons. The summed E-state index contributed by atoms with van der Waals surface area (Å²) in [5.74, 6) is -0.750. The van der Waals surface area contributed by atoms with Gasteiger partial charge in [0, 0.05) is 16.8 Å². The van der Waals surface area contributed by atoms with Gasteiger partial charge >= 0.3 is 6.18 Å². The van der Waals surface area contributed by atoms with Crippen molar-refractivity contribution in [3.8, 4) is 17.0 Å². The third-order valence-electron chi connectivity index (χ3n) is 3.46. The predicted octanol–water partition coefficient (Wildman–Crippen LogP) is 5.49. The van der Waals surface area contributed by atoms with Crippen LogP contribution in [0.1, 0.15) is 32.2 Å². The molecule has 2 aromatic heterocycles. The minimum Gasteiger partial charge on any atom is -0.478 e. The highest BCUT2D eigenvalue weighted by Crippen LogP contribution is 2.31. The van der Waals surface area contributed by atoms with Crippen LogP contribution in [0.25, 0.3) is 11.1 Å². The van der Waals surface area contributed by atoms with Crippen LogP contribution in [-0.2, 0) is 12.7 Å². The van der Waals surface area contributed by atoms with Gasteiger partial charge in [-0.15, -0.1) is 5.10 Å². The SMILES string of the molecule is CC.CCOc1ncc(Cn2cnc(C(F)(F)F)n2)cc1-c1cccc(Cl)c1. The molecule has 3 aromatic rings. The lowest BCUT2D eigenvalue weighted by molar-refractivity contribution is -0.145. The Labute approximate surface area is 166 Å². The maximum absolute atomic E-state index is 12.6. The molecule has 9 heteroatoms. The molecule has 5 nitrogen and oxygen atoms in total. The topological polar surface area (TPSA) is 52.8 Å². The van der Waals surface area contributed by atoms with Crippen molar-refractivity contribution in [1.82, 2.24) is 19.7 Å². The molecule has 0 aliphatic heterocycles. The van der Waals surface area contributed by atoms with Crippen molar-refractivity contribution in [3.63, 3.8) is 0 Å². The summed E-state index contributed by atoms with van der Waals surface area (Å²) in [4.78, 5) is 7.56. The minimum atomic E-state index is -4.58. The van der Waals surface area contributed by atoms with Gasteiger partial charge in [0.25, 0.3) is 5.82 Å². The van der Waals surface area contributed by atoms with Crippen molar-refractivity contribution in [2.75, 3.05) is 6.61 Å². The number of benzene rings is 1. The standard InChI is InChI=1S/C17H14ClF3N4O.C2H6/c1-2-26-15-14(12-4-3-5-13(18)7-12)6-11(8-22-15)9-25-10-23-16(24-25)17(19,20)21;1-2/h3-8,10H,2,9H2,1H3;1-2H3. The zero-order valence-electron chi connectivity index (χ0n) is 15.7. The molecule has 0 saturated heterocycles. The normalized spacial score (nSPS) is 11.0. The van der Waals surface area contributed by atoms with E-state index in [0.29, 0.717) is 28.6 Å². The first-order chi connectivity index (χ1) is 13.4. The second-order valence-electron chi connectivity index (χ2n) is 5.40. The molecular formula is C19H20ClF3N4O. The van der Waals surface area contributed by atoms with Gasteiger partial charge < -0.3 is 4.74 Å². The van der Waals surface area contributed by atoms with E-state index in [1.165, 1.54) is 6.20 Å². The number of rotatable bonds is 5. The summed E-state index contributed by atoms with van der Waals surface area (Å²) >= 11 is 6.05. The number of ether oxygens (including phenoxy) is 1. The first-order valence-corrected chi connectivity index (χ1v) is 9.09. The Kier molecular flexibility index (Phi) is 7.39. The van der Waals surface area contributed by atoms with Crippen LogP contribution in [0, 0.1) is 0 Å². The quantitative estimate of drug-likeness (QED) is 0.556. The van der Waals surface area contributed by atoms with Gasteiger partial charge in [0.15, 0.2) is 0 Å². The molecule has 0 N–H and O–H groups in total. The Balaban J connectivity index is 0.00000136. The van der Waals surface area contributed by atoms with Crippen LogP contribution in [0.3, 0.4) is 0 Å². The highest BCUT2D eigenvalue weighted by atomic mass is 35.5. The van der Waals surface area contributed by atoms with E-state index >= 15 is 0 Å². The average Bonchev–Trinajstić information content (AvgIpc) is 3.14. The first kappa shape index (κ1) is 21.7. The molecular weight excluding hydrogens is 393 g/mol. The Morgan fingerprint density at radius 3 is 2.50 bits per heavy atom. The lowest BCUT2D eigenvalue weighted by Crippen LogP contribution is -2.09. The fourth-order valence-electron chi connectivity index (χ4n) is 2.38. The number of alkyl halides is 3. The summed E-state index contributed by atoms with van der Waals surface area (Å²) in [7, 11) is 0. The smallest absolute Gasteiger partial charge is 0.453 e. The van der Waals surface area contributed by atoms with Gasteiger partial charge in [0.2, 0.25) is 5.88 Å². The third kappa shape index (κ3) is 5.45. The number of nitrogens with zero attached hydrogens (tertiary/aromatic N) is 4. The summed E-state index contributed by atoms with van der Waals surface area (Å²) in [6.07, 6.45) is -2.00. The van der Waals surface area contributed by atoms with Gasteiger partial charge in [-0.25, -0.2) is 14.6 Å². The van der Waals surface area contributed by atoms with E-state index in [4.69, 9.17) is 16.3 Å². The van der Waals surface area contributed by atoms with Crippen LogP contribution in [0.15, 0.2) is 42.9 Å². The molecule has 0 aliphatic rings. The summed E-state index contributed by atoms with van der Waals surface area (Å²) in [5.41, 5.74) is 2.15. The fourth-order valence-corrected chi connectivity index (χ4v) is 2.57. The summed E-state index contributed by atoms with van der Waals surface area (Å²) in [6.45, 7) is 6.36. The molecule has 0 atom stereocenters. The van der Waals surface area contributed by atoms with Gasteiger partial charge in [-0.3, -0.25) is 0 Å². The largest absolute Gasteiger partial charge is 0.478 e. The predicted molar refractivity (Wildman–Crippen MR) is 101 cm³/mol. The molecule has 0 amide bonds. The van der Waals surface area contributed by atoms with E-state index in [2.05, 4.69) is 15.1 Å². The van der Waals surface area contributed by atoms with Gasteiger partial charge in [0.05, 0.1) is 13.2 Å². The zero-order valence-corrected chi connectivity index (χ0v) is 16.4. The molecule has 0 unspecified atom stereocenters. The molecule has 2 heterocycles. The van der Waals surface area contributed by atoms with Crippen LogP contribution in [0.4, 0.5) is 13.2 Å². The van der Waals surface area contributed by atoms with Crippen LogP contribution < -0.4 is 4.74 Å². The van der Waals surface area contributed by atoms with Crippen LogP contribution in [-0.4, -0.2) is 26.4 Å². The Morgan fingerprint density at radius 2 is 1.89 bits per heavy atom. The van der Waals surface area contributed by atoms with E-state index < -0.39 is 12.0 Å². The van der Waals surface area contributed by atoms with Crippen LogP contribution >= 0.6 is 11.6 Å². The van der Waals surface area contributed by atoms with E-state index in [1.54, 1.807) is 24.3 Å². The monoisotopic (exact) mass is 412 g/mol. The summed E-state index contributed by atoms with van der Waals surface area (Å²) in [5, 5.41) is 4.01. The Hall–Kier alpha value is -2.61. The van der Waals surface area contributed by atoms with Gasteiger partial charge in [0.1, 0.15) is 6.33 Å². The van der Waals surface area contributed by atoms with Gasteiger partial charge in [-0.1, -0.05) is 37.6 Å². The van der Waals surface area contributed by atoms with E-state index in [1.807, 2.05) is 26.8 Å². The number of hydrogen-bond donors (Lipinski definition) is 0. The van der Waals surface area contributed by atoms with Gasteiger partial charge in [-0.2, -0.15) is 13.2 Å². The average molecular weight is 413 g/mol. The molecule has 1 aromatic carbocycles. The lowest BCUT2D eigenvalue weighted by Gasteiger charge is -2.11. The molecule has 0 fully saturated rings. The van der Waals surface area contributed by atoms with Crippen molar-refractivity contribution in [2.45, 2.75) is 33.5 Å². The molecule has 0 bridgehead atoms. The number of aromatic nitrogens is 4. The third-order valence-corrected chi connectivity index (χ3v) is 3.69. The number of pyridine rings is 1. The van der Waals surface area contributed by atoms with Crippen LogP contribution in [0.2, 0.25) is 5.02 Å². The molecule has 150 valence electrons. The molecule has 28 heavy (non-hydrogen) atoms. The molecule has 0 aliphatic carbocycles. The second kappa shape index (κ2) is 9.54. The van der Waals surface area contributed by atoms with Gasteiger partial charge in [-0.05, 0) is 36.2 Å². The molecule has 0 spiro atoms. The van der Waals surface area contributed by atoms with Crippen LogP contribution in [0.5, 0.6) is 5.88 Å². The second-order valence-corrected chi connectivity index (χ2v) is 5.84. The summed E-state index contributed by atoms with van der Waals surface area (Å²) in [6, 6.07) is 8.96. The molecule has 3 rings (SSSR count). The lowest BCUT2D eigenvalue weighted by atomic mass is 10.1. The maximum Gasteiger partial charge on any atom is 0.453 e. The van der Waals surface area contributed by atoms with E-state index in [0.717, 1.165) is 16.6 Å². The van der Waals surface area contributed by atoms with Crippen molar-refractivity contribution in [3.05, 3.63) is 59.3 Å². The highest BCUT2D eigenvalue weighted by molar-refractivity contribution is 6.30. The number of hydrogen-bond acceptors (Lipinski definition) is 4. The van der Waals surface area contributed by atoms with E-state index in [9.17, 15) is 13.2 Å². The van der Waals surface area contributed by atoms with Crippen molar-refractivity contribution >= 4 is 11.6 Å². The zero-order chi connectivity index (χ0) is 20.7. The highest BCUT2D eigenvalue weighted by Gasteiger charge is 2.35. The first-order valence-electron chi connectivity index (χ1n) is 8.71.